The summed E-state index contributed by atoms with van der Waals surface area (Å²) in [5.41, 5.74) is 0.752. The van der Waals surface area contributed by atoms with E-state index in [1.807, 2.05) is 0 Å². The number of ether oxygens (including phenoxy) is 1. The zero-order valence-electron chi connectivity index (χ0n) is 10.7. The van der Waals surface area contributed by atoms with E-state index < -0.39 is 11.9 Å². The smallest absolute Gasteiger partial charge is 0.305 e. The largest absolute Gasteiger partial charge is 0.497 e. The molecule has 0 heterocycles. The van der Waals surface area contributed by atoms with Gasteiger partial charge in [-0.25, -0.2) is 0 Å². The Balaban J connectivity index is 2.80. The van der Waals surface area contributed by atoms with Crippen LogP contribution in [-0.2, 0) is 9.59 Å². The second-order valence-electron chi connectivity index (χ2n) is 3.98. The van der Waals surface area contributed by atoms with Crippen molar-refractivity contribution in [3.63, 3.8) is 0 Å². The van der Waals surface area contributed by atoms with Crippen LogP contribution in [-0.4, -0.2) is 42.4 Å². The van der Waals surface area contributed by atoms with E-state index in [2.05, 4.69) is 0 Å². The van der Waals surface area contributed by atoms with Gasteiger partial charge in [0.15, 0.2) is 0 Å². The molecule has 6 nitrogen and oxygen atoms in total. The minimum Gasteiger partial charge on any atom is -0.497 e. The van der Waals surface area contributed by atoms with Gasteiger partial charge in [-0.15, -0.1) is 0 Å². The van der Waals surface area contributed by atoms with Gasteiger partial charge >= 0.3 is 11.9 Å². The van der Waals surface area contributed by atoms with Gasteiger partial charge in [0.25, 0.3) is 0 Å². The normalized spacial score (nSPS) is 9.95. The maximum atomic E-state index is 10.6. The van der Waals surface area contributed by atoms with Crippen molar-refractivity contribution in [2.75, 3.05) is 25.1 Å². The van der Waals surface area contributed by atoms with Gasteiger partial charge in [0.2, 0.25) is 0 Å². The Morgan fingerprint density at radius 3 is 2.21 bits per heavy atom. The van der Waals surface area contributed by atoms with Crippen LogP contribution in [0.5, 0.6) is 5.75 Å². The summed E-state index contributed by atoms with van der Waals surface area (Å²) in [6.45, 7) is 0.519. The minimum atomic E-state index is -0.914. The fourth-order valence-electron chi connectivity index (χ4n) is 1.64. The number of carbonyl (C=O) groups is 2. The molecule has 1 rings (SSSR count). The van der Waals surface area contributed by atoms with Crippen molar-refractivity contribution in [1.82, 2.24) is 0 Å². The second-order valence-corrected chi connectivity index (χ2v) is 3.98. The molecule has 1 aromatic rings. The van der Waals surface area contributed by atoms with Crippen molar-refractivity contribution < 1.29 is 24.5 Å². The average molecular weight is 267 g/mol. The predicted octanol–water partition coefficient (Wildman–Crippen LogP) is 1.45. The number of rotatable bonds is 8. The highest BCUT2D eigenvalue weighted by molar-refractivity contribution is 5.69. The van der Waals surface area contributed by atoms with E-state index in [0.29, 0.717) is 5.75 Å². The summed E-state index contributed by atoms with van der Waals surface area (Å²) >= 11 is 0. The molecule has 0 unspecified atom stereocenters. The summed E-state index contributed by atoms with van der Waals surface area (Å²) in [5, 5.41) is 17.4. The molecule has 0 spiro atoms. The Morgan fingerprint density at radius 1 is 1.16 bits per heavy atom. The molecule has 1 aromatic carbocycles. The van der Waals surface area contributed by atoms with E-state index in [1.165, 1.54) is 7.11 Å². The molecule has 0 bridgehead atoms. The van der Waals surface area contributed by atoms with Gasteiger partial charge in [-0.3, -0.25) is 9.59 Å². The average Bonchev–Trinajstić information content (AvgIpc) is 2.38. The topological polar surface area (TPSA) is 87.1 Å². The maximum absolute atomic E-state index is 10.6. The van der Waals surface area contributed by atoms with Gasteiger partial charge in [0.05, 0.1) is 20.0 Å². The molecule has 0 amide bonds. The van der Waals surface area contributed by atoms with Crippen molar-refractivity contribution >= 4 is 17.6 Å². The summed E-state index contributed by atoms with van der Waals surface area (Å²) in [6, 6.07) is 7.11. The number of methoxy groups -OCH3 is 1. The van der Waals surface area contributed by atoms with E-state index in [-0.39, 0.29) is 25.9 Å². The number of hydrogen-bond donors (Lipinski definition) is 2. The van der Waals surface area contributed by atoms with Gasteiger partial charge in [-0.05, 0) is 12.1 Å². The number of carboxylic acids is 2. The lowest BCUT2D eigenvalue weighted by Gasteiger charge is -2.23. The number of benzene rings is 1. The fraction of sp³-hybridized carbons (Fsp3) is 0.385. The fourth-order valence-corrected chi connectivity index (χ4v) is 1.64. The molecule has 0 saturated heterocycles. The molecule has 0 radical (unpaired) electrons. The Kier molecular flexibility index (Phi) is 5.66. The molecule has 0 atom stereocenters. The van der Waals surface area contributed by atoms with Gasteiger partial charge in [0, 0.05) is 24.8 Å². The molecular formula is C13H17NO5. The molecule has 19 heavy (non-hydrogen) atoms. The van der Waals surface area contributed by atoms with E-state index in [4.69, 9.17) is 14.9 Å². The highest BCUT2D eigenvalue weighted by Gasteiger charge is 2.11. The Labute approximate surface area is 111 Å². The van der Waals surface area contributed by atoms with Crippen LogP contribution in [0.4, 0.5) is 5.69 Å². The van der Waals surface area contributed by atoms with Crippen molar-refractivity contribution in [2.45, 2.75) is 12.8 Å². The molecule has 0 aliphatic carbocycles. The number of carboxylic acid groups (broad SMARTS) is 2. The number of anilines is 1. The van der Waals surface area contributed by atoms with E-state index >= 15 is 0 Å². The summed E-state index contributed by atoms with van der Waals surface area (Å²) in [7, 11) is 1.54. The molecule has 6 heteroatoms. The van der Waals surface area contributed by atoms with Crippen LogP contribution in [0.2, 0.25) is 0 Å². The third-order valence-electron chi connectivity index (χ3n) is 2.61. The van der Waals surface area contributed by atoms with Crippen LogP contribution in [0.1, 0.15) is 12.8 Å². The molecule has 0 fully saturated rings. The molecule has 0 aliphatic rings. The zero-order valence-corrected chi connectivity index (χ0v) is 10.7. The second kappa shape index (κ2) is 7.25. The Bertz CT molecular complexity index is 428. The van der Waals surface area contributed by atoms with Gasteiger partial charge in [-0.1, -0.05) is 6.07 Å². The van der Waals surface area contributed by atoms with Crippen LogP contribution in [0.25, 0.3) is 0 Å². The molecule has 0 aromatic heterocycles. The lowest BCUT2D eigenvalue weighted by Crippen LogP contribution is -2.28. The van der Waals surface area contributed by atoms with Gasteiger partial charge < -0.3 is 19.8 Å². The maximum Gasteiger partial charge on any atom is 0.305 e. The van der Waals surface area contributed by atoms with Gasteiger partial charge in [-0.2, -0.15) is 0 Å². The lowest BCUT2D eigenvalue weighted by molar-refractivity contribution is -0.137. The SMILES string of the molecule is COc1cccc(N(CCC(=O)O)CCC(=O)O)c1. The zero-order chi connectivity index (χ0) is 14.3. The minimum absolute atomic E-state index is 0.0448. The van der Waals surface area contributed by atoms with E-state index in [9.17, 15) is 9.59 Å². The summed E-state index contributed by atoms with van der Waals surface area (Å²) in [4.78, 5) is 23.0. The van der Waals surface area contributed by atoms with Crippen molar-refractivity contribution in [3.8, 4) is 5.75 Å². The van der Waals surface area contributed by atoms with Crippen LogP contribution >= 0.6 is 0 Å². The standard InChI is InChI=1S/C13H17NO5/c1-19-11-4-2-3-10(9-11)14(7-5-12(15)16)8-6-13(17)18/h2-4,9H,5-8H2,1H3,(H,15,16)(H,17,18). The highest BCUT2D eigenvalue weighted by Crippen LogP contribution is 2.21. The van der Waals surface area contributed by atoms with Crippen LogP contribution in [0.15, 0.2) is 24.3 Å². The van der Waals surface area contributed by atoms with Crippen molar-refractivity contribution in [3.05, 3.63) is 24.3 Å². The van der Waals surface area contributed by atoms with Crippen LogP contribution < -0.4 is 9.64 Å². The lowest BCUT2D eigenvalue weighted by atomic mass is 10.2. The molecule has 0 saturated carbocycles. The van der Waals surface area contributed by atoms with Crippen molar-refractivity contribution in [2.24, 2.45) is 0 Å². The predicted molar refractivity (Wildman–Crippen MR) is 69.7 cm³/mol. The van der Waals surface area contributed by atoms with E-state index in [1.54, 1.807) is 29.2 Å². The van der Waals surface area contributed by atoms with Crippen molar-refractivity contribution in [1.29, 1.82) is 0 Å². The first kappa shape index (κ1) is 14.8. The van der Waals surface area contributed by atoms with Gasteiger partial charge in [0.1, 0.15) is 5.75 Å². The third-order valence-corrected chi connectivity index (χ3v) is 2.61. The monoisotopic (exact) mass is 267 g/mol. The first-order valence-corrected chi connectivity index (χ1v) is 5.85. The number of aliphatic carboxylic acids is 2. The first-order chi connectivity index (χ1) is 9.02. The summed E-state index contributed by atoms with van der Waals surface area (Å²) in [6.07, 6.45) is -0.0896. The Morgan fingerprint density at radius 2 is 1.74 bits per heavy atom. The molecule has 0 aliphatic heterocycles. The molecule has 104 valence electrons. The summed E-state index contributed by atoms with van der Waals surface area (Å²) in [5.74, 6) is -1.18. The first-order valence-electron chi connectivity index (χ1n) is 5.85. The van der Waals surface area contributed by atoms with Crippen LogP contribution in [0.3, 0.4) is 0 Å². The Hall–Kier alpha value is -2.24. The number of nitrogens with zero attached hydrogens (tertiary/aromatic N) is 1. The molecular weight excluding hydrogens is 250 g/mol. The summed E-state index contributed by atoms with van der Waals surface area (Å²) < 4.78 is 5.10. The van der Waals surface area contributed by atoms with Crippen LogP contribution in [0, 0.1) is 0 Å². The molecule has 2 N–H and O–H groups in total. The third kappa shape index (κ3) is 5.29. The number of hydrogen-bond acceptors (Lipinski definition) is 4. The highest BCUT2D eigenvalue weighted by atomic mass is 16.5. The quantitative estimate of drug-likeness (QED) is 0.741. The van der Waals surface area contributed by atoms with E-state index in [0.717, 1.165) is 5.69 Å².